The summed E-state index contributed by atoms with van der Waals surface area (Å²) in [6.07, 6.45) is 5.14. The molecule has 1 fully saturated rings. The van der Waals surface area contributed by atoms with E-state index in [1.165, 1.54) is 0 Å². The van der Waals surface area contributed by atoms with Crippen LogP contribution in [0.4, 0.5) is 11.4 Å². The number of thiocarbonyl (C=S) groups is 1. The Kier molecular flexibility index (Phi) is 7.03. The number of aryl methyl sites for hydroxylation is 1. The third-order valence-corrected chi connectivity index (χ3v) is 5.64. The molecule has 1 aliphatic heterocycles. The summed E-state index contributed by atoms with van der Waals surface area (Å²) < 4.78 is 8.80. The Bertz CT molecular complexity index is 1110. The number of rotatable bonds is 6. The maximum absolute atomic E-state index is 13.1. The van der Waals surface area contributed by atoms with Crippen molar-refractivity contribution < 1.29 is 9.53 Å². The van der Waals surface area contributed by atoms with Crippen LogP contribution in [0.15, 0.2) is 42.9 Å². The molecule has 1 aliphatic rings. The van der Waals surface area contributed by atoms with Gasteiger partial charge in [0.15, 0.2) is 5.11 Å². The lowest BCUT2D eigenvalue weighted by Crippen LogP contribution is -2.41. The van der Waals surface area contributed by atoms with Gasteiger partial charge in [-0.2, -0.15) is 10.2 Å². The molecule has 9 nitrogen and oxygen atoms in total. The monoisotopic (exact) mass is 473 g/mol. The summed E-state index contributed by atoms with van der Waals surface area (Å²) in [5.41, 5.74) is 2.73. The maximum Gasteiger partial charge on any atom is 0.274 e. The first-order valence-electron chi connectivity index (χ1n) is 10.3. The Morgan fingerprint density at radius 3 is 2.72 bits per heavy atom. The molecule has 1 aromatic carbocycles. The van der Waals surface area contributed by atoms with E-state index in [0.717, 1.165) is 11.3 Å². The molecule has 0 atom stereocenters. The number of amides is 1. The molecule has 2 aromatic heterocycles. The molecule has 4 rings (SSSR count). The van der Waals surface area contributed by atoms with Crippen LogP contribution < -0.4 is 10.6 Å². The second kappa shape index (κ2) is 10.1. The number of nitrogens with zero attached hydrogens (tertiary/aromatic N) is 5. The minimum atomic E-state index is -0.0921. The van der Waals surface area contributed by atoms with Crippen LogP contribution in [0.5, 0.6) is 0 Å². The lowest BCUT2D eigenvalue weighted by Gasteiger charge is -2.27. The first kappa shape index (κ1) is 22.3. The molecule has 3 heterocycles. The van der Waals surface area contributed by atoms with Gasteiger partial charge in [-0.1, -0.05) is 29.8 Å². The Labute approximate surface area is 196 Å². The molecule has 0 saturated carbocycles. The maximum atomic E-state index is 13.1. The van der Waals surface area contributed by atoms with Gasteiger partial charge in [-0.15, -0.1) is 0 Å². The second-order valence-corrected chi connectivity index (χ2v) is 8.04. The van der Waals surface area contributed by atoms with Crippen LogP contribution in [-0.2, 0) is 17.8 Å². The van der Waals surface area contributed by atoms with Gasteiger partial charge in [-0.25, -0.2) is 0 Å². The molecule has 0 aliphatic carbocycles. The summed E-state index contributed by atoms with van der Waals surface area (Å²) >= 11 is 11.7. The van der Waals surface area contributed by atoms with Crippen LogP contribution in [-0.4, -0.2) is 61.8 Å². The van der Waals surface area contributed by atoms with Crippen molar-refractivity contribution in [3.63, 3.8) is 0 Å². The van der Waals surface area contributed by atoms with Crippen LogP contribution in [0.25, 0.3) is 0 Å². The molecular weight excluding hydrogens is 450 g/mol. The average molecular weight is 474 g/mol. The molecule has 168 valence electrons. The van der Waals surface area contributed by atoms with Crippen molar-refractivity contribution >= 4 is 46.2 Å². The van der Waals surface area contributed by atoms with Gasteiger partial charge >= 0.3 is 0 Å². The molecule has 1 amide bonds. The Morgan fingerprint density at radius 1 is 1.19 bits per heavy atom. The average Bonchev–Trinajstić information content (AvgIpc) is 3.41. The highest BCUT2D eigenvalue weighted by molar-refractivity contribution is 7.80. The van der Waals surface area contributed by atoms with E-state index in [-0.39, 0.29) is 5.91 Å². The van der Waals surface area contributed by atoms with E-state index in [9.17, 15) is 4.79 Å². The molecular formula is C21H24ClN7O2S. The topological polar surface area (TPSA) is 89.2 Å². The van der Waals surface area contributed by atoms with Crippen LogP contribution in [0.1, 0.15) is 23.0 Å². The molecule has 1 saturated heterocycles. The van der Waals surface area contributed by atoms with Crippen molar-refractivity contribution in [1.82, 2.24) is 24.5 Å². The summed E-state index contributed by atoms with van der Waals surface area (Å²) in [6, 6.07) is 7.65. The number of benzene rings is 1. The number of hydrogen-bond donors (Lipinski definition) is 2. The summed E-state index contributed by atoms with van der Waals surface area (Å²) in [5.74, 6) is -0.0921. The van der Waals surface area contributed by atoms with Gasteiger partial charge in [0.1, 0.15) is 5.69 Å². The van der Waals surface area contributed by atoms with Gasteiger partial charge in [0.25, 0.3) is 5.91 Å². The van der Waals surface area contributed by atoms with E-state index in [1.807, 2.05) is 37.4 Å². The highest BCUT2D eigenvalue weighted by Gasteiger charge is 2.25. The number of ether oxygens (including phenoxy) is 1. The number of aromatic nitrogens is 4. The number of morpholine rings is 1. The van der Waals surface area contributed by atoms with Crippen molar-refractivity contribution in [2.75, 3.05) is 36.9 Å². The van der Waals surface area contributed by atoms with Crippen molar-refractivity contribution in [1.29, 1.82) is 0 Å². The van der Waals surface area contributed by atoms with Crippen LogP contribution in [0, 0.1) is 0 Å². The van der Waals surface area contributed by atoms with Crippen molar-refractivity contribution in [2.45, 2.75) is 20.0 Å². The molecule has 2 N–H and O–H groups in total. The minimum absolute atomic E-state index is 0.0921. The van der Waals surface area contributed by atoms with E-state index < -0.39 is 0 Å². The zero-order valence-corrected chi connectivity index (χ0v) is 19.2. The first-order valence-corrected chi connectivity index (χ1v) is 11.1. The Hall–Kier alpha value is -2.95. The largest absolute Gasteiger partial charge is 0.378 e. The highest BCUT2D eigenvalue weighted by atomic mass is 35.5. The minimum Gasteiger partial charge on any atom is -0.378 e. The van der Waals surface area contributed by atoms with Crippen LogP contribution >= 0.6 is 23.8 Å². The first-order chi connectivity index (χ1) is 15.5. The predicted molar refractivity (Wildman–Crippen MR) is 127 cm³/mol. The van der Waals surface area contributed by atoms with Gasteiger partial charge in [-0.3, -0.25) is 14.2 Å². The van der Waals surface area contributed by atoms with E-state index in [1.54, 1.807) is 26.7 Å². The molecule has 3 aromatic rings. The lowest BCUT2D eigenvalue weighted by atomic mass is 10.2. The number of hydrogen-bond acceptors (Lipinski definition) is 5. The second-order valence-electron chi connectivity index (χ2n) is 7.22. The van der Waals surface area contributed by atoms with Crippen LogP contribution in [0.2, 0.25) is 5.02 Å². The van der Waals surface area contributed by atoms with Crippen molar-refractivity contribution in [3.05, 3.63) is 59.1 Å². The lowest BCUT2D eigenvalue weighted by molar-refractivity contribution is 0.0295. The highest BCUT2D eigenvalue weighted by Crippen LogP contribution is 2.20. The van der Waals surface area contributed by atoms with Gasteiger partial charge < -0.3 is 20.3 Å². The molecule has 0 spiro atoms. The van der Waals surface area contributed by atoms with Gasteiger partial charge in [0.05, 0.1) is 43.5 Å². The summed E-state index contributed by atoms with van der Waals surface area (Å²) in [7, 11) is 0. The molecule has 0 bridgehead atoms. The quantitative estimate of drug-likeness (QED) is 0.532. The number of anilines is 2. The number of nitrogens with one attached hydrogen (secondary N) is 2. The number of carbonyl (C=O) groups is 1. The third kappa shape index (κ3) is 5.09. The number of carbonyl (C=O) groups excluding carboxylic acids is 1. The fourth-order valence-electron chi connectivity index (χ4n) is 3.46. The zero-order chi connectivity index (χ0) is 22.5. The fraction of sp³-hybridized carbons (Fsp3) is 0.333. The predicted octanol–water partition coefficient (Wildman–Crippen LogP) is 3.08. The normalized spacial score (nSPS) is 13.8. The molecule has 0 unspecified atom stereocenters. The van der Waals surface area contributed by atoms with E-state index >= 15 is 0 Å². The molecule has 0 radical (unpaired) electrons. The van der Waals surface area contributed by atoms with Crippen molar-refractivity contribution in [3.8, 4) is 0 Å². The summed E-state index contributed by atoms with van der Waals surface area (Å²) in [6.45, 7) is 5.24. The van der Waals surface area contributed by atoms with E-state index in [0.29, 0.717) is 60.9 Å². The van der Waals surface area contributed by atoms with Crippen LogP contribution in [0.3, 0.4) is 0 Å². The van der Waals surface area contributed by atoms with Crippen molar-refractivity contribution in [2.24, 2.45) is 0 Å². The third-order valence-electron chi connectivity index (χ3n) is 5.07. The van der Waals surface area contributed by atoms with Gasteiger partial charge in [0.2, 0.25) is 0 Å². The summed E-state index contributed by atoms with van der Waals surface area (Å²) in [4.78, 5) is 14.9. The van der Waals surface area contributed by atoms with E-state index in [2.05, 4.69) is 20.8 Å². The smallest absolute Gasteiger partial charge is 0.274 e. The SMILES string of the molecule is CCn1ncc(NC(=S)Nc2cnn(Cc3ccccc3Cl)c2)c1C(=O)N1CCOCC1. The molecule has 11 heteroatoms. The zero-order valence-electron chi connectivity index (χ0n) is 17.6. The fourth-order valence-corrected chi connectivity index (χ4v) is 3.88. The summed E-state index contributed by atoms with van der Waals surface area (Å²) in [5, 5.41) is 15.9. The number of halogens is 1. The Balaban J connectivity index is 1.42. The van der Waals surface area contributed by atoms with Gasteiger partial charge in [-0.05, 0) is 30.8 Å². The molecule has 32 heavy (non-hydrogen) atoms. The van der Waals surface area contributed by atoms with E-state index in [4.69, 9.17) is 28.6 Å². The Morgan fingerprint density at radius 2 is 1.97 bits per heavy atom. The van der Waals surface area contributed by atoms with Gasteiger partial charge in [0, 0.05) is 30.9 Å². The standard InChI is InChI=1S/C21H24ClN7O2S/c1-2-29-19(20(30)27-7-9-31-10-8-27)18(12-24-29)26-21(32)25-16-11-23-28(14-16)13-15-5-3-4-6-17(15)22/h3-6,11-12,14H,2,7-10,13H2,1H3,(H2,25,26,32).